The van der Waals surface area contributed by atoms with Crippen LogP contribution >= 0.6 is 0 Å². The zero-order valence-electron chi connectivity index (χ0n) is 12.0. The molecule has 3 rings (SSSR count). The fourth-order valence-electron chi connectivity index (χ4n) is 2.15. The van der Waals surface area contributed by atoms with Crippen LogP contribution in [0.25, 0.3) is 10.9 Å². The second kappa shape index (κ2) is 5.77. The van der Waals surface area contributed by atoms with Crippen LogP contribution in [0.5, 0.6) is 0 Å². The van der Waals surface area contributed by atoms with Crippen molar-refractivity contribution in [2.75, 3.05) is 5.32 Å². The number of aromatic nitrogens is 3. The Morgan fingerprint density at radius 2 is 2.00 bits per heavy atom. The molecule has 0 aliphatic carbocycles. The van der Waals surface area contributed by atoms with Crippen LogP contribution in [0, 0.1) is 6.92 Å². The van der Waals surface area contributed by atoms with Crippen molar-refractivity contribution < 1.29 is 4.79 Å². The van der Waals surface area contributed by atoms with Crippen molar-refractivity contribution in [3.05, 3.63) is 64.6 Å². The maximum atomic E-state index is 12.1. The van der Waals surface area contributed by atoms with E-state index < -0.39 is 0 Å². The van der Waals surface area contributed by atoms with Crippen LogP contribution in [0.15, 0.2) is 53.6 Å². The predicted octanol–water partition coefficient (Wildman–Crippen LogP) is 1.74. The van der Waals surface area contributed by atoms with Gasteiger partial charge < -0.3 is 5.32 Å². The summed E-state index contributed by atoms with van der Waals surface area (Å²) in [6, 6.07) is 10.7. The Morgan fingerprint density at radius 3 is 2.77 bits per heavy atom. The number of para-hydroxylation sites is 1. The van der Waals surface area contributed by atoms with Crippen molar-refractivity contribution in [2.24, 2.45) is 0 Å². The molecule has 1 amide bonds. The van der Waals surface area contributed by atoms with Gasteiger partial charge in [0.05, 0.1) is 11.7 Å². The van der Waals surface area contributed by atoms with Gasteiger partial charge in [-0.2, -0.15) is 5.10 Å². The molecule has 0 radical (unpaired) electrons. The molecule has 0 unspecified atom stereocenters. The summed E-state index contributed by atoms with van der Waals surface area (Å²) in [5, 5.41) is 7.27. The fraction of sp³-hybridized carbons (Fsp3) is 0.125. The van der Waals surface area contributed by atoms with Crippen molar-refractivity contribution in [1.29, 1.82) is 0 Å². The standard InChI is InChI=1S/C16H14N4O2/c1-11-6-7-15(17-8-11)19-16(22)10-20-13-5-3-2-4-12(13)14(21)9-18-20/h2-9H,10H2,1H3,(H,17,19,22). The van der Waals surface area contributed by atoms with Gasteiger partial charge in [0, 0.05) is 11.6 Å². The Balaban J connectivity index is 1.84. The normalized spacial score (nSPS) is 10.6. The number of rotatable bonds is 3. The van der Waals surface area contributed by atoms with E-state index >= 15 is 0 Å². The Bertz CT molecular complexity index is 885. The highest BCUT2D eigenvalue weighted by Crippen LogP contribution is 2.08. The summed E-state index contributed by atoms with van der Waals surface area (Å²) in [6.45, 7) is 1.94. The largest absolute Gasteiger partial charge is 0.309 e. The highest BCUT2D eigenvalue weighted by atomic mass is 16.2. The molecular formula is C16H14N4O2. The van der Waals surface area contributed by atoms with Crippen molar-refractivity contribution in [2.45, 2.75) is 13.5 Å². The molecule has 0 saturated heterocycles. The predicted molar refractivity (Wildman–Crippen MR) is 83.6 cm³/mol. The molecule has 6 nitrogen and oxygen atoms in total. The molecule has 2 heterocycles. The van der Waals surface area contributed by atoms with Gasteiger partial charge in [0.15, 0.2) is 0 Å². The molecule has 0 aliphatic heterocycles. The van der Waals surface area contributed by atoms with Crippen molar-refractivity contribution >= 4 is 22.6 Å². The van der Waals surface area contributed by atoms with E-state index in [1.165, 1.54) is 10.9 Å². The molecule has 0 spiro atoms. The summed E-state index contributed by atoms with van der Waals surface area (Å²) in [6.07, 6.45) is 2.91. The number of amides is 1. The van der Waals surface area contributed by atoms with E-state index in [1.54, 1.807) is 36.5 Å². The monoisotopic (exact) mass is 294 g/mol. The van der Waals surface area contributed by atoms with Crippen LogP contribution in [-0.4, -0.2) is 20.7 Å². The smallest absolute Gasteiger partial charge is 0.247 e. The van der Waals surface area contributed by atoms with Crippen LogP contribution in [0.1, 0.15) is 5.56 Å². The SMILES string of the molecule is Cc1ccc(NC(=O)Cn2ncc(=O)c3ccccc32)nc1. The van der Waals surface area contributed by atoms with E-state index in [0.29, 0.717) is 16.7 Å². The lowest BCUT2D eigenvalue weighted by atomic mass is 10.2. The lowest BCUT2D eigenvalue weighted by Crippen LogP contribution is -2.22. The van der Waals surface area contributed by atoms with E-state index in [1.807, 2.05) is 13.0 Å². The topological polar surface area (TPSA) is 76.9 Å². The van der Waals surface area contributed by atoms with Gasteiger partial charge in [0.25, 0.3) is 0 Å². The lowest BCUT2D eigenvalue weighted by Gasteiger charge is -2.09. The van der Waals surface area contributed by atoms with Gasteiger partial charge in [-0.25, -0.2) is 4.98 Å². The number of fused-ring (bicyclic) bond motifs is 1. The Kier molecular flexibility index (Phi) is 3.65. The molecule has 1 N–H and O–H groups in total. The minimum Gasteiger partial charge on any atom is -0.309 e. The maximum Gasteiger partial charge on any atom is 0.247 e. The average Bonchev–Trinajstić information content (AvgIpc) is 2.53. The number of nitrogens with zero attached hydrogens (tertiary/aromatic N) is 3. The highest BCUT2D eigenvalue weighted by Gasteiger charge is 2.08. The van der Waals surface area contributed by atoms with Crippen LogP contribution in [0.2, 0.25) is 0 Å². The summed E-state index contributed by atoms with van der Waals surface area (Å²) in [5.41, 5.74) is 1.49. The minimum atomic E-state index is -0.252. The van der Waals surface area contributed by atoms with Gasteiger partial charge in [0.2, 0.25) is 11.3 Å². The summed E-state index contributed by atoms with van der Waals surface area (Å²) < 4.78 is 1.50. The van der Waals surface area contributed by atoms with Crippen LogP contribution in [0.3, 0.4) is 0 Å². The van der Waals surface area contributed by atoms with Crippen LogP contribution in [-0.2, 0) is 11.3 Å². The van der Waals surface area contributed by atoms with E-state index in [2.05, 4.69) is 15.4 Å². The molecule has 3 aromatic rings. The summed E-state index contributed by atoms with van der Waals surface area (Å²) in [4.78, 5) is 28.0. The van der Waals surface area contributed by atoms with Crippen molar-refractivity contribution in [3.8, 4) is 0 Å². The third-order valence-electron chi connectivity index (χ3n) is 3.23. The first-order chi connectivity index (χ1) is 10.6. The molecule has 0 saturated carbocycles. The third-order valence-corrected chi connectivity index (χ3v) is 3.23. The van der Waals surface area contributed by atoms with Gasteiger partial charge in [-0.1, -0.05) is 18.2 Å². The first kappa shape index (κ1) is 13.9. The number of anilines is 1. The molecule has 0 atom stereocenters. The summed E-state index contributed by atoms with van der Waals surface area (Å²) in [5.74, 6) is 0.235. The molecule has 6 heteroatoms. The molecule has 0 bridgehead atoms. The van der Waals surface area contributed by atoms with Crippen LogP contribution in [0.4, 0.5) is 5.82 Å². The van der Waals surface area contributed by atoms with E-state index in [9.17, 15) is 9.59 Å². The van der Waals surface area contributed by atoms with Gasteiger partial charge in [0.1, 0.15) is 12.4 Å². The second-order valence-electron chi connectivity index (χ2n) is 4.95. The van der Waals surface area contributed by atoms with Gasteiger partial charge in [-0.3, -0.25) is 14.3 Å². The summed E-state index contributed by atoms with van der Waals surface area (Å²) >= 11 is 0. The molecule has 22 heavy (non-hydrogen) atoms. The second-order valence-corrected chi connectivity index (χ2v) is 4.95. The quantitative estimate of drug-likeness (QED) is 0.798. The van der Waals surface area contributed by atoms with Gasteiger partial charge in [-0.05, 0) is 30.7 Å². The molecular weight excluding hydrogens is 280 g/mol. The number of nitrogens with one attached hydrogen (secondary N) is 1. The number of hydrogen-bond acceptors (Lipinski definition) is 4. The average molecular weight is 294 g/mol. The third kappa shape index (κ3) is 2.85. The Morgan fingerprint density at radius 1 is 1.18 bits per heavy atom. The Labute approximate surface area is 126 Å². The molecule has 2 aromatic heterocycles. The number of hydrogen-bond donors (Lipinski definition) is 1. The summed E-state index contributed by atoms with van der Waals surface area (Å²) in [7, 11) is 0. The van der Waals surface area contributed by atoms with Gasteiger partial charge >= 0.3 is 0 Å². The molecule has 0 fully saturated rings. The molecule has 0 aliphatic rings. The molecule has 1 aromatic carbocycles. The number of pyridine rings is 1. The maximum absolute atomic E-state index is 12.1. The van der Waals surface area contributed by atoms with E-state index in [4.69, 9.17) is 0 Å². The van der Waals surface area contributed by atoms with Crippen LogP contribution < -0.4 is 10.7 Å². The highest BCUT2D eigenvalue weighted by molar-refractivity contribution is 5.90. The fourth-order valence-corrected chi connectivity index (χ4v) is 2.15. The number of carbonyl (C=O) groups excluding carboxylic acids is 1. The van der Waals surface area contributed by atoms with E-state index in [-0.39, 0.29) is 17.9 Å². The first-order valence-corrected chi connectivity index (χ1v) is 6.81. The minimum absolute atomic E-state index is 0.0103. The number of carbonyl (C=O) groups is 1. The molecule has 110 valence electrons. The van der Waals surface area contributed by atoms with Crippen molar-refractivity contribution in [1.82, 2.24) is 14.8 Å². The zero-order valence-corrected chi connectivity index (χ0v) is 12.0. The van der Waals surface area contributed by atoms with Crippen molar-refractivity contribution in [3.63, 3.8) is 0 Å². The number of benzene rings is 1. The van der Waals surface area contributed by atoms with E-state index in [0.717, 1.165) is 5.56 Å². The first-order valence-electron chi connectivity index (χ1n) is 6.81. The zero-order chi connectivity index (χ0) is 15.5. The number of aryl methyl sites for hydroxylation is 1. The van der Waals surface area contributed by atoms with Gasteiger partial charge in [-0.15, -0.1) is 0 Å². The lowest BCUT2D eigenvalue weighted by molar-refractivity contribution is -0.116. The Hall–Kier alpha value is -3.02.